The Labute approximate surface area is 127 Å². The molecule has 1 atom stereocenters. The highest BCUT2D eigenvalue weighted by Gasteiger charge is 2.33. The van der Waals surface area contributed by atoms with Gasteiger partial charge in [-0.25, -0.2) is 5.84 Å². The zero-order valence-corrected chi connectivity index (χ0v) is 13.1. The molecular formula is C14H17IN4. The number of benzene rings is 1. The molecule has 0 saturated heterocycles. The average molecular weight is 368 g/mol. The van der Waals surface area contributed by atoms with Crippen LogP contribution in [0.1, 0.15) is 12.5 Å². The molecule has 0 aromatic heterocycles. The van der Waals surface area contributed by atoms with Crippen LogP contribution in [0.25, 0.3) is 0 Å². The third-order valence-corrected chi connectivity index (χ3v) is 3.67. The second-order valence-electron chi connectivity index (χ2n) is 4.40. The molecule has 3 N–H and O–H groups in total. The number of nitrogens with zero attached hydrogens (tertiary/aromatic N) is 2. The van der Waals surface area contributed by atoms with Crippen molar-refractivity contribution in [1.82, 2.24) is 5.01 Å². The molecule has 19 heavy (non-hydrogen) atoms. The van der Waals surface area contributed by atoms with E-state index in [1.807, 2.05) is 29.2 Å². The van der Waals surface area contributed by atoms with Gasteiger partial charge in [0.15, 0.2) is 0 Å². The molecule has 1 aliphatic rings. The standard InChI is InChI=1S/C14H17IN4/c1-10-5-3-4-6-12(10)18-11(2)19(17)13(7-8-15)14(18)9-16/h3-9,11,16H,17H2,1-2H3/b8-7-,16-9?/t11-/m1/s1. The van der Waals surface area contributed by atoms with E-state index in [4.69, 9.17) is 11.3 Å². The summed E-state index contributed by atoms with van der Waals surface area (Å²) < 4.78 is 1.91. The minimum atomic E-state index is -0.0136. The summed E-state index contributed by atoms with van der Waals surface area (Å²) in [5, 5.41) is 9.39. The Kier molecular flexibility index (Phi) is 4.26. The molecule has 100 valence electrons. The zero-order valence-electron chi connectivity index (χ0n) is 11.0. The third-order valence-electron chi connectivity index (χ3n) is 3.31. The maximum Gasteiger partial charge on any atom is 0.118 e. The van der Waals surface area contributed by atoms with E-state index in [1.54, 1.807) is 5.01 Å². The van der Waals surface area contributed by atoms with Crippen molar-refractivity contribution in [2.45, 2.75) is 20.0 Å². The molecule has 1 aliphatic heterocycles. The molecule has 0 saturated carbocycles. The molecule has 0 fully saturated rings. The van der Waals surface area contributed by atoms with E-state index in [1.165, 1.54) is 11.8 Å². The lowest BCUT2D eigenvalue weighted by Crippen LogP contribution is -2.42. The van der Waals surface area contributed by atoms with E-state index in [0.29, 0.717) is 0 Å². The molecule has 1 heterocycles. The molecule has 4 nitrogen and oxygen atoms in total. The second-order valence-corrected chi connectivity index (χ2v) is 5.12. The fourth-order valence-corrected chi connectivity index (χ4v) is 2.66. The second kappa shape index (κ2) is 5.75. The molecule has 0 aliphatic carbocycles. The van der Waals surface area contributed by atoms with Crippen molar-refractivity contribution < 1.29 is 0 Å². The largest absolute Gasteiger partial charge is 0.316 e. The number of anilines is 1. The van der Waals surface area contributed by atoms with E-state index in [-0.39, 0.29) is 6.17 Å². The zero-order chi connectivity index (χ0) is 14.0. The van der Waals surface area contributed by atoms with Crippen LogP contribution >= 0.6 is 22.6 Å². The number of allylic oxidation sites excluding steroid dienone is 2. The fraction of sp³-hybridized carbons (Fsp3) is 0.214. The number of rotatable bonds is 3. The van der Waals surface area contributed by atoms with Gasteiger partial charge in [-0.05, 0) is 35.6 Å². The number of nitrogens with one attached hydrogen (secondary N) is 1. The average Bonchev–Trinajstić information content (AvgIpc) is 2.64. The minimum Gasteiger partial charge on any atom is -0.316 e. The molecule has 5 heteroatoms. The van der Waals surface area contributed by atoms with E-state index < -0.39 is 0 Å². The molecule has 0 bridgehead atoms. The molecule has 1 aromatic carbocycles. The number of hydrogen-bond donors (Lipinski definition) is 2. The summed E-state index contributed by atoms with van der Waals surface area (Å²) in [5.74, 6) is 6.13. The predicted molar refractivity (Wildman–Crippen MR) is 88.1 cm³/mol. The lowest BCUT2D eigenvalue weighted by molar-refractivity contribution is 0.314. The molecule has 1 aromatic rings. The van der Waals surface area contributed by atoms with Gasteiger partial charge in [-0.2, -0.15) is 0 Å². The van der Waals surface area contributed by atoms with Crippen LogP contribution in [0, 0.1) is 12.3 Å². The maximum atomic E-state index is 7.70. The van der Waals surface area contributed by atoms with Crippen LogP contribution in [0.4, 0.5) is 5.69 Å². The van der Waals surface area contributed by atoms with Gasteiger partial charge in [-0.3, -0.25) is 5.01 Å². The highest BCUT2D eigenvalue weighted by molar-refractivity contribution is 14.1. The van der Waals surface area contributed by atoms with Gasteiger partial charge in [0.05, 0.1) is 11.4 Å². The smallest absolute Gasteiger partial charge is 0.118 e. The van der Waals surface area contributed by atoms with Crippen LogP contribution in [0.15, 0.2) is 45.8 Å². The van der Waals surface area contributed by atoms with Crippen molar-refractivity contribution >= 4 is 34.5 Å². The molecule has 2 rings (SSSR count). The van der Waals surface area contributed by atoms with E-state index in [9.17, 15) is 0 Å². The molecule has 0 amide bonds. The number of aryl methyl sites for hydroxylation is 1. The minimum absolute atomic E-state index is 0.0136. The molecule has 0 radical (unpaired) electrons. The fourth-order valence-electron chi connectivity index (χ4n) is 2.32. The Hall–Kier alpha value is -1.34. The van der Waals surface area contributed by atoms with Gasteiger partial charge >= 0.3 is 0 Å². The predicted octanol–water partition coefficient (Wildman–Crippen LogP) is 3.15. The Balaban J connectivity index is 2.57. The SMILES string of the molecule is Cc1ccccc1N1C(C=N)=C(/C=C\I)N(N)[C@@H]1C. The highest BCUT2D eigenvalue weighted by Crippen LogP contribution is 2.33. The number of halogens is 1. The van der Waals surface area contributed by atoms with Crippen LogP contribution < -0.4 is 10.7 Å². The topological polar surface area (TPSA) is 56.4 Å². The van der Waals surface area contributed by atoms with Crippen molar-refractivity contribution in [1.29, 1.82) is 5.41 Å². The van der Waals surface area contributed by atoms with Crippen molar-refractivity contribution in [3.8, 4) is 0 Å². The summed E-state index contributed by atoms with van der Waals surface area (Å²) in [7, 11) is 0. The Morgan fingerprint density at radius 2 is 2.00 bits per heavy atom. The monoisotopic (exact) mass is 368 g/mol. The summed E-state index contributed by atoms with van der Waals surface area (Å²) >= 11 is 2.16. The van der Waals surface area contributed by atoms with Gasteiger partial charge in [-0.15, -0.1) is 0 Å². The van der Waals surface area contributed by atoms with Gasteiger partial charge in [0.25, 0.3) is 0 Å². The first kappa shape index (κ1) is 14.1. The summed E-state index contributed by atoms with van der Waals surface area (Å²) in [6.07, 6.45) is 3.28. The summed E-state index contributed by atoms with van der Waals surface area (Å²) in [6, 6.07) is 8.14. The quantitative estimate of drug-likeness (QED) is 0.490. The third kappa shape index (κ3) is 2.40. The van der Waals surface area contributed by atoms with Gasteiger partial charge < -0.3 is 10.3 Å². The van der Waals surface area contributed by atoms with Crippen molar-refractivity contribution in [2.24, 2.45) is 5.84 Å². The molecule has 0 spiro atoms. The van der Waals surface area contributed by atoms with Gasteiger partial charge in [-0.1, -0.05) is 40.8 Å². The van der Waals surface area contributed by atoms with E-state index >= 15 is 0 Å². The van der Waals surface area contributed by atoms with Crippen LogP contribution in [0.3, 0.4) is 0 Å². The summed E-state index contributed by atoms with van der Waals surface area (Å²) in [5.41, 5.74) is 3.93. The first-order valence-electron chi connectivity index (χ1n) is 6.02. The lowest BCUT2D eigenvalue weighted by Gasteiger charge is -2.29. The van der Waals surface area contributed by atoms with Crippen molar-refractivity contribution in [2.75, 3.05) is 4.90 Å². The molecular weight excluding hydrogens is 351 g/mol. The maximum absolute atomic E-state index is 7.70. The van der Waals surface area contributed by atoms with Gasteiger partial charge in [0.1, 0.15) is 6.17 Å². The van der Waals surface area contributed by atoms with Crippen molar-refractivity contribution in [3.05, 3.63) is 51.4 Å². The summed E-state index contributed by atoms with van der Waals surface area (Å²) in [4.78, 5) is 2.09. The normalized spacial score (nSPS) is 19.7. The number of hydrogen-bond acceptors (Lipinski definition) is 4. The van der Waals surface area contributed by atoms with E-state index in [2.05, 4.69) is 46.5 Å². The first-order chi connectivity index (χ1) is 9.11. The molecule has 0 unspecified atom stereocenters. The number of hydrazine groups is 1. The van der Waals surface area contributed by atoms with Crippen LogP contribution in [0.5, 0.6) is 0 Å². The Morgan fingerprint density at radius 1 is 1.32 bits per heavy atom. The van der Waals surface area contributed by atoms with Crippen LogP contribution in [0.2, 0.25) is 0 Å². The summed E-state index contributed by atoms with van der Waals surface area (Å²) in [6.45, 7) is 4.10. The van der Waals surface area contributed by atoms with Crippen LogP contribution in [-0.2, 0) is 0 Å². The lowest BCUT2D eigenvalue weighted by atomic mass is 10.1. The Morgan fingerprint density at radius 3 is 2.58 bits per heavy atom. The Bertz CT molecular complexity index is 550. The van der Waals surface area contributed by atoms with Crippen LogP contribution in [-0.4, -0.2) is 17.4 Å². The number of para-hydroxylation sites is 1. The van der Waals surface area contributed by atoms with Crippen molar-refractivity contribution in [3.63, 3.8) is 0 Å². The van der Waals surface area contributed by atoms with Gasteiger partial charge in [0.2, 0.25) is 0 Å². The van der Waals surface area contributed by atoms with Gasteiger partial charge in [0, 0.05) is 11.9 Å². The number of nitrogens with two attached hydrogens (primary N) is 1. The first-order valence-corrected chi connectivity index (χ1v) is 7.26. The highest BCUT2D eigenvalue weighted by atomic mass is 127. The van der Waals surface area contributed by atoms with E-state index in [0.717, 1.165) is 17.1 Å².